The van der Waals surface area contributed by atoms with Gasteiger partial charge in [0, 0.05) is 31.4 Å². The van der Waals surface area contributed by atoms with E-state index in [0.29, 0.717) is 18.5 Å². The zero-order valence-electron chi connectivity index (χ0n) is 24.1. The molecule has 0 aliphatic heterocycles. The van der Waals surface area contributed by atoms with Crippen LogP contribution in [-0.2, 0) is 34.8 Å². The molecule has 0 unspecified atom stereocenters. The lowest BCUT2D eigenvalue weighted by atomic mass is 9.70. The highest BCUT2D eigenvalue weighted by atomic mass is 32.2. The fourth-order valence-electron chi connectivity index (χ4n) is 6.60. The van der Waals surface area contributed by atoms with E-state index in [4.69, 9.17) is 0 Å². The molecule has 2 aliphatic carbocycles. The lowest BCUT2D eigenvalue weighted by Gasteiger charge is -2.38. The second-order valence-corrected chi connectivity index (χ2v) is 13.8. The van der Waals surface area contributed by atoms with Crippen molar-refractivity contribution in [1.82, 2.24) is 19.1 Å². The van der Waals surface area contributed by atoms with Crippen LogP contribution < -0.4 is 0 Å². The zero-order valence-corrected chi connectivity index (χ0v) is 25.0. The Balaban J connectivity index is 1.29. The number of alkyl halides is 3. The quantitative estimate of drug-likeness (QED) is 0.191. The van der Waals surface area contributed by atoms with Gasteiger partial charge in [-0.2, -0.15) is 18.3 Å². The minimum absolute atomic E-state index is 0.0626. The number of aromatic nitrogens is 3. The molecular formula is C33H32F4N4O2S. The summed E-state index contributed by atoms with van der Waals surface area (Å²) in [5.41, 5.74) is 3.00. The molecule has 2 aliphatic rings. The largest absolute Gasteiger partial charge is 0.416 e. The summed E-state index contributed by atoms with van der Waals surface area (Å²) in [4.78, 5) is 4.32. The number of hydrogen-bond donors (Lipinski definition) is 0. The van der Waals surface area contributed by atoms with Gasteiger partial charge in [-0.05, 0) is 90.3 Å². The van der Waals surface area contributed by atoms with Crippen LogP contribution in [-0.4, -0.2) is 40.6 Å². The summed E-state index contributed by atoms with van der Waals surface area (Å²) < 4.78 is 85.8. The number of nitrogens with zero attached hydrogens (tertiary/aromatic N) is 4. The maximum Gasteiger partial charge on any atom is 0.416 e. The maximum absolute atomic E-state index is 13.9. The van der Waals surface area contributed by atoms with Gasteiger partial charge in [0.25, 0.3) is 0 Å². The first-order valence-electron chi connectivity index (χ1n) is 14.5. The van der Waals surface area contributed by atoms with Crippen LogP contribution in [0.25, 0.3) is 11.8 Å². The van der Waals surface area contributed by atoms with Gasteiger partial charge in [-0.3, -0.25) is 4.98 Å². The normalized spacial score (nSPS) is 20.0. The van der Waals surface area contributed by atoms with Crippen LogP contribution in [0.4, 0.5) is 17.6 Å². The standard InChI is InChI=1S/C33H32F4N4O2S/c1-32-19-24-20-39-41(29-13-11-27(34)12-14-29)31(24)18-25(32)9-10-26(32)21-40(17-15-28-7-4-5-16-38-28)44(42,43)22-23-6-2-3-8-30(23)33(35,36)37/h2-8,11-14,16,18,20,26H,9-10,15,17,19,21-22H2,1H3/t26-,32+/m1/s1. The van der Waals surface area contributed by atoms with E-state index in [1.165, 1.54) is 40.2 Å². The van der Waals surface area contributed by atoms with E-state index in [-0.39, 0.29) is 35.8 Å². The number of hydrogen-bond acceptors (Lipinski definition) is 4. The van der Waals surface area contributed by atoms with Crippen molar-refractivity contribution in [3.8, 4) is 5.69 Å². The highest BCUT2D eigenvalue weighted by Crippen LogP contribution is 2.53. The summed E-state index contributed by atoms with van der Waals surface area (Å²) in [5, 5.41) is 4.56. The molecule has 6 rings (SSSR count). The molecule has 0 saturated heterocycles. The number of allylic oxidation sites excluding steroid dienone is 1. The number of halogens is 4. The Bertz CT molecular complexity index is 1790. The van der Waals surface area contributed by atoms with Crippen LogP contribution in [0.15, 0.2) is 84.7 Å². The Hall–Kier alpha value is -3.83. The Morgan fingerprint density at radius 1 is 1.05 bits per heavy atom. The molecule has 2 aromatic heterocycles. The van der Waals surface area contributed by atoms with Crippen molar-refractivity contribution in [2.24, 2.45) is 11.3 Å². The first-order valence-corrected chi connectivity index (χ1v) is 16.1. The monoisotopic (exact) mass is 624 g/mol. The van der Waals surface area contributed by atoms with E-state index >= 15 is 0 Å². The number of benzene rings is 2. The lowest BCUT2D eigenvalue weighted by Crippen LogP contribution is -2.42. The summed E-state index contributed by atoms with van der Waals surface area (Å²) in [5.74, 6) is -1.14. The first kappa shape index (κ1) is 30.2. The molecular weight excluding hydrogens is 592 g/mol. The number of rotatable bonds is 9. The van der Waals surface area contributed by atoms with Crippen molar-refractivity contribution in [2.45, 2.75) is 44.5 Å². The molecule has 0 amide bonds. The topological polar surface area (TPSA) is 68.1 Å². The molecule has 0 spiro atoms. The average Bonchev–Trinajstić information content (AvgIpc) is 3.53. The summed E-state index contributed by atoms with van der Waals surface area (Å²) in [6.07, 6.45) is 3.37. The molecule has 11 heteroatoms. The second-order valence-electron chi connectivity index (χ2n) is 11.8. The smallest absolute Gasteiger partial charge is 0.261 e. The molecule has 0 bridgehead atoms. The molecule has 230 valence electrons. The average molecular weight is 625 g/mol. The lowest BCUT2D eigenvalue weighted by molar-refractivity contribution is -0.138. The number of fused-ring (bicyclic) bond motifs is 2. The van der Waals surface area contributed by atoms with Crippen LogP contribution in [0, 0.1) is 17.2 Å². The molecule has 6 nitrogen and oxygen atoms in total. The summed E-state index contributed by atoms with van der Waals surface area (Å²) in [7, 11) is -4.14. The summed E-state index contributed by atoms with van der Waals surface area (Å²) in [6.45, 7) is 2.42. The van der Waals surface area contributed by atoms with Gasteiger partial charge in [-0.1, -0.05) is 36.8 Å². The van der Waals surface area contributed by atoms with Gasteiger partial charge in [0.1, 0.15) is 5.82 Å². The predicted octanol–water partition coefficient (Wildman–Crippen LogP) is 6.86. The van der Waals surface area contributed by atoms with Crippen LogP contribution in [0.5, 0.6) is 0 Å². The van der Waals surface area contributed by atoms with Gasteiger partial charge in [0.15, 0.2) is 0 Å². The Labute approximate surface area is 254 Å². The van der Waals surface area contributed by atoms with E-state index in [1.54, 1.807) is 35.3 Å². The maximum atomic E-state index is 13.9. The van der Waals surface area contributed by atoms with Crippen molar-refractivity contribution in [3.63, 3.8) is 0 Å². The van der Waals surface area contributed by atoms with E-state index < -0.39 is 27.5 Å². The zero-order chi connectivity index (χ0) is 31.1. The van der Waals surface area contributed by atoms with Crippen molar-refractivity contribution in [1.29, 1.82) is 0 Å². The summed E-state index contributed by atoms with van der Waals surface area (Å²) >= 11 is 0. The predicted molar refractivity (Wildman–Crippen MR) is 160 cm³/mol. The van der Waals surface area contributed by atoms with Crippen LogP contribution in [0.3, 0.4) is 0 Å². The van der Waals surface area contributed by atoms with E-state index in [1.807, 2.05) is 12.1 Å². The van der Waals surface area contributed by atoms with Gasteiger partial charge in [0.2, 0.25) is 10.0 Å². The Morgan fingerprint density at radius 3 is 2.52 bits per heavy atom. The highest BCUT2D eigenvalue weighted by Gasteiger charge is 2.47. The van der Waals surface area contributed by atoms with Gasteiger partial charge < -0.3 is 0 Å². The van der Waals surface area contributed by atoms with Crippen LogP contribution in [0.1, 0.15) is 47.8 Å². The van der Waals surface area contributed by atoms with Crippen LogP contribution >= 0.6 is 0 Å². The minimum atomic E-state index is -4.66. The molecule has 4 aromatic rings. The van der Waals surface area contributed by atoms with Gasteiger partial charge in [0.05, 0.1) is 28.9 Å². The van der Waals surface area contributed by atoms with Crippen molar-refractivity contribution < 1.29 is 26.0 Å². The van der Waals surface area contributed by atoms with E-state index in [2.05, 4.69) is 23.1 Å². The molecule has 2 aromatic carbocycles. The molecule has 2 atom stereocenters. The Kier molecular flexibility index (Phi) is 7.96. The van der Waals surface area contributed by atoms with Gasteiger partial charge in [-0.15, -0.1) is 0 Å². The minimum Gasteiger partial charge on any atom is -0.261 e. The third-order valence-electron chi connectivity index (χ3n) is 9.04. The molecule has 0 N–H and O–H groups in total. The van der Waals surface area contributed by atoms with Crippen LogP contribution in [0.2, 0.25) is 0 Å². The Morgan fingerprint density at radius 2 is 1.80 bits per heavy atom. The van der Waals surface area contributed by atoms with Crippen molar-refractivity contribution in [3.05, 3.63) is 119 Å². The van der Waals surface area contributed by atoms with Gasteiger partial charge >= 0.3 is 6.18 Å². The van der Waals surface area contributed by atoms with Crippen molar-refractivity contribution >= 4 is 16.1 Å². The SMILES string of the molecule is C[C@]12Cc3cnn(-c4ccc(F)cc4)c3C=C1CC[C@@H]2CN(CCc1ccccn1)S(=O)(=O)Cc1ccccc1C(F)(F)F. The molecule has 2 heterocycles. The fourth-order valence-corrected chi connectivity index (χ4v) is 8.20. The fraction of sp³-hybridized carbons (Fsp3) is 0.333. The highest BCUT2D eigenvalue weighted by molar-refractivity contribution is 7.88. The van der Waals surface area contributed by atoms with Gasteiger partial charge in [-0.25, -0.2) is 21.8 Å². The van der Waals surface area contributed by atoms with Crippen molar-refractivity contribution in [2.75, 3.05) is 13.1 Å². The molecule has 1 saturated carbocycles. The molecule has 44 heavy (non-hydrogen) atoms. The van der Waals surface area contributed by atoms with E-state index in [9.17, 15) is 26.0 Å². The first-order chi connectivity index (χ1) is 20.9. The molecule has 1 fully saturated rings. The molecule has 0 radical (unpaired) electrons. The van der Waals surface area contributed by atoms with E-state index in [0.717, 1.165) is 35.9 Å². The number of sulfonamides is 1. The summed E-state index contributed by atoms with van der Waals surface area (Å²) in [6, 6.07) is 16.4. The third kappa shape index (κ3) is 5.95. The third-order valence-corrected chi connectivity index (χ3v) is 10.8. The number of pyridine rings is 1. The second kappa shape index (κ2) is 11.6.